The van der Waals surface area contributed by atoms with Crippen LogP contribution in [0.5, 0.6) is 0 Å². The third kappa shape index (κ3) is 4.47. The lowest BCUT2D eigenvalue weighted by Gasteiger charge is -2.41. The highest BCUT2D eigenvalue weighted by molar-refractivity contribution is 5.89. The van der Waals surface area contributed by atoms with Crippen LogP contribution in [0.4, 0.5) is 0 Å². The van der Waals surface area contributed by atoms with Gasteiger partial charge in [-0.15, -0.1) is 0 Å². The lowest BCUT2D eigenvalue weighted by molar-refractivity contribution is -0.202. The molecule has 1 aliphatic carbocycles. The molecule has 8 nitrogen and oxygen atoms in total. The van der Waals surface area contributed by atoms with Gasteiger partial charge in [0.2, 0.25) is 0 Å². The van der Waals surface area contributed by atoms with E-state index in [2.05, 4.69) is 0 Å². The molecule has 0 spiro atoms. The van der Waals surface area contributed by atoms with Crippen molar-refractivity contribution >= 4 is 17.9 Å². The minimum atomic E-state index is -2.19. The molecule has 140 valence electrons. The molecule has 1 aromatic carbocycles. The van der Waals surface area contributed by atoms with Crippen LogP contribution >= 0.6 is 0 Å². The molecule has 26 heavy (non-hydrogen) atoms. The Hall–Kier alpha value is -2.71. The van der Waals surface area contributed by atoms with Crippen LogP contribution in [0.15, 0.2) is 42.5 Å². The fraction of sp³-hybridized carbons (Fsp3) is 0.389. The van der Waals surface area contributed by atoms with E-state index in [1.807, 2.05) is 0 Å². The van der Waals surface area contributed by atoms with Gasteiger partial charge in [0.05, 0.1) is 5.56 Å². The van der Waals surface area contributed by atoms with Gasteiger partial charge in [-0.05, 0) is 24.3 Å². The third-order valence-corrected chi connectivity index (χ3v) is 3.84. The van der Waals surface area contributed by atoms with Crippen molar-refractivity contribution in [1.82, 2.24) is 0 Å². The molecule has 8 heteroatoms. The van der Waals surface area contributed by atoms with Gasteiger partial charge in [0, 0.05) is 13.8 Å². The highest BCUT2D eigenvalue weighted by Gasteiger charge is 2.52. The zero-order valence-electron chi connectivity index (χ0n) is 14.3. The summed E-state index contributed by atoms with van der Waals surface area (Å²) in [6, 6.07) is 8.06. The first-order valence-corrected chi connectivity index (χ1v) is 7.89. The second kappa shape index (κ2) is 8.11. The monoisotopic (exact) mass is 364 g/mol. The van der Waals surface area contributed by atoms with E-state index in [9.17, 15) is 24.6 Å². The normalized spacial score (nSPS) is 27.5. The number of esters is 3. The van der Waals surface area contributed by atoms with Crippen LogP contribution in [0.25, 0.3) is 0 Å². The molecule has 1 unspecified atom stereocenters. The molecule has 0 bridgehead atoms. The van der Waals surface area contributed by atoms with Crippen LogP contribution in [0.2, 0.25) is 0 Å². The highest BCUT2D eigenvalue weighted by Crippen LogP contribution is 2.30. The Morgan fingerprint density at radius 3 is 2.27 bits per heavy atom. The van der Waals surface area contributed by atoms with E-state index in [0.717, 1.165) is 13.8 Å². The summed E-state index contributed by atoms with van der Waals surface area (Å²) < 4.78 is 15.0. The van der Waals surface area contributed by atoms with Crippen molar-refractivity contribution in [2.24, 2.45) is 0 Å². The number of hydrogen-bond acceptors (Lipinski definition) is 8. The molecule has 0 saturated carbocycles. The standard InChI is InChI=1S/C18H20O8/c1-11(19)24-10-18(23)15(9-8-14(16(18)21)25-12(2)20)26-17(22)13-6-4-3-5-7-13/h3-9,14-16,21,23H,10H2,1-2H3/t14?,15-,16+,18-/m0/s1. The van der Waals surface area contributed by atoms with Gasteiger partial charge in [-0.25, -0.2) is 4.79 Å². The number of rotatable bonds is 5. The number of aliphatic hydroxyl groups excluding tert-OH is 1. The van der Waals surface area contributed by atoms with Gasteiger partial charge >= 0.3 is 17.9 Å². The second-order valence-electron chi connectivity index (χ2n) is 5.87. The van der Waals surface area contributed by atoms with Crippen LogP contribution in [-0.4, -0.2) is 58.6 Å². The molecule has 2 N–H and O–H groups in total. The Bertz CT molecular complexity index is 698. The van der Waals surface area contributed by atoms with Gasteiger partial charge in [0.1, 0.15) is 18.8 Å². The first-order valence-electron chi connectivity index (χ1n) is 7.89. The quantitative estimate of drug-likeness (QED) is 0.437. The molecule has 0 fully saturated rings. The maximum Gasteiger partial charge on any atom is 0.338 e. The molecule has 2 rings (SSSR count). The Labute approximate surface area is 150 Å². The van der Waals surface area contributed by atoms with Crippen LogP contribution < -0.4 is 0 Å². The van der Waals surface area contributed by atoms with Crippen molar-refractivity contribution < 1.29 is 38.8 Å². The molecular weight excluding hydrogens is 344 g/mol. The Morgan fingerprint density at radius 2 is 1.69 bits per heavy atom. The van der Waals surface area contributed by atoms with E-state index < -0.39 is 48.4 Å². The number of ether oxygens (including phenoxy) is 3. The first kappa shape index (κ1) is 19.6. The smallest absolute Gasteiger partial charge is 0.338 e. The van der Waals surface area contributed by atoms with Crippen LogP contribution in [0.1, 0.15) is 24.2 Å². The predicted octanol–water partition coefficient (Wildman–Crippen LogP) is 0.369. The maximum atomic E-state index is 12.3. The minimum Gasteiger partial charge on any atom is -0.463 e. The molecule has 1 aromatic rings. The maximum absolute atomic E-state index is 12.3. The molecule has 1 aliphatic rings. The molecule has 0 aliphatic heterocycles. The molecule has 0 radical (unpaired) electrons. The topological polar surface area (TPSA) is 119 Å². The summed E-state index contributed by atoms with van der Waals surface area (Å²) in [7, 11) is 0. The fourth-order valence-corrected chi connectivity index (χ4v) is 2.51. The van der Waals surface area contributed by atoms with E-state index >= 15 is 0 Å². The Morgan fingerprint density at radius 1 is 1.04 bits per heavy atom. The first-order chi connectivity index (χ1) is 12.2. The summed E-state index contributed by atoms with van der Waals surface area (Å²) in [5, 5.41) is 21.3. The highest BCUT2D eigenvalue weighted by atomic mass is 16.6. The van der Waals surface area contributed by atoms with Crippen LogP contribution in [0, 0.1) is 0 Å². The summed E-state index contributed by atoms with van der Waals surface area (Å²) in [4.78, 5) is 34.5. The molecule has 4 atom stereocenters. The van der Waals surface area contributed by atoms with Crippen molar-refractivity contribution in [2.45, 2.75) is 37.8 Å². The average molecular weight is 364 g/mol. The molecule has 0 heterocycles. The SMILES string of the molecule is CC(=O)OC[C@]1(O)[C@@H](OC(=O)c2ccccc2)C=CC(OC(C)=O)[C@H]1O. The molecule has 0 aromatic heterocycles. The predicted molar refractivity (Wildman–Crippen MR) is 87.9 cm³/mol. The zero-order chi connectivity index (χ0) is 19.3. The summed E-state index contributed by atoms with van der Waals surface area (Å²) in [5.41, 5.74) is -1.95. The van der Waals surface area contributed by atoms with E-state index in [0.29, 0.717) is 0 Å². The Balaban J connectivity index is 2.26. The van der Waals surface area contributed by atoms with Gasteiger partial charge < -0.3 is 24.4 Å². The largest absolute Gasteiger partial charge is 0.463 e. The van der Waals surface area contributed by atoms with E-state index in [1.165, 1.54) is 24.3 Å². The summed E-state index contributed by atoms with van der Waals surface area (Å²) in [6.45, 7) is 1.62. The molecular formula is C18H20O8. The van der Waals surface area contributed by atoms with Crippen LogP contribution in [0.3, 0.4) is 0 Å². The van der Waals surface area contributed by atoms with Gasteiger partial charge in [0.25, 0.3) is 0 Å². The van der Waals surface area contributed by atoms with Crippen molar-refractivity contribution in [3.05, 3.63) is 48.0 Å². The third-order valence-electron chi connectivity index (χ3n) is 3.84. The molecule has 0 saturated heterocycles. The minimum absolute atomic E-state index is 0.243. The van der Waals surface area contributed by atoms with Crippen molar-refractivity contribution in [2.75, 3.05) is 6.61 Å². The van der Waals surface area contributed by atoms with Gasteiger partial charge in [-0.1, -0.05) is 18.2 Å². The lowest BCUT2D eigenvalue weighted by Crippen LogP contribution is -2.62. The number of carbonyl (C=O) groups excluding carboxylic acids is 3. The summed E-state index contributed by atoms with van der Waals surface area (Å²) in [5.74, 6) is -2.11. The lowest BCUT2D eigenvalue weighted by atomic mass is 9.82. The number of carbonyl (C=O) groups is 3. The summed E-state index contributed by atoms with van der Waals surface area (Å²) in [6.07, 6.45) is -1.59. The van der Waals surface area contributed by atoms with Gasteiger partial charge in [-0.3, -0.25) is 9.59 Å². The van der Waals surface area contributed by atoms with Crippen molar-refractivity contribution in [3.63, 3.8) is 0 Å². The van der Waals surface area contributed by atoms with Crippen molar-refractivity contribution in [1.29, 1.82) is 0 Å². The summed E-state index contributed by atoms with van der Waals surface area (Å²) >= 11 is 0. The second-order valence-corrected chi connectivity index (χ2v) is 5.87. The zero-order valence-corrected chi connectivity index (χ0v) is 14.3. The fourth-order valence-electron chi connectivity index (χ4n) is 2.51. The van der Waals surface area contributed by atoms with E-state index in [1.54, 1.807) is 18.2 Å². The van der Waals surface area contributed by atoms with Crippen LogP contribution in [-0.2, 0) is 23.8 Å². The van der Waals surface area contributed by atoms with E-state index in [4.69, 9.17) is 14.2 Å². The van der Waals surface area contributed by atoms with Gasteiger partial charge in [0.15, 0.2) is 11.7 Å². The number of benzene rings is 1. The van der Waals surface area contributed by atoms with Gasteiger partial charge in [-0.2, -0.15) is 0 Å². The Kier molecular flexibility index (Phi) is 6.12. The average Bonchev–Trinajstić information content (AvgIpc) is 2.60. The van der Waals surface area contributed by atoms with E-state index in [-0.39, 0.29) is 5.56 Å². The molecule has 0 amide bonds. The number of hydrogen-bond donors (Lipinski definition) is 2. The van der Waals surface area contributed by atoms with Crippen molar-refractivity contribution in [3.8, 4) is 0 Å². The number of aliphatic hydroxyl groups is 2.